The first kappa shape index (κ1) is 19.1. The number of nitrogens with one attached hydrogen (secondary N) is 2. The van der Waals surface area contributed by atoms with E-state index in [0.717, 1.165) is 11.1 Å². The highest BCUT2D eigenvalue weighted by atomic mass is 32.2. The molecule has 5 N–H and O–H groups in total. The fourth-order valence-electron chi connectivity index (χ4n) is 3.43. The van der Waals surface area contributed by atoms with Crippen LogP contribution < -0.4 is 16.6 Å². The summed E-state index contributed by atoms with van der Waals surface area (Å²) < 4.78 is 27.1. The Hall–Kier alpha value is -3.23. The van der Waals surface area contributed by atoms with Crippen LogP contribution in [0.1, 0.15) is 12.0 Å². The van der Waals surface area contributed by atoms with E-state index in [4.69, 9.17) is 5.73 Å². The zero-order valence-electron chi connectivity index (χ0n) is 15.7. The van der Waals surface area contributed by atoms with Gasteiger partial charge in [-0.1, -0.05) is 36.4 Å². The highest BCUT2D eigenvalue weighted by molar-refractivity contribution is 7.89. The number of nitrogens with zero attached hydrogens (tertiary/aromatic N) is 1. The van der Waals surface area contributed by atoms with Crippen molar-refractivity contribution in [2.75, 3.05) is 13.1 Å². The van der Waals surface area contributed by atoms with Gasteiger partial charge in [0.25, 0.3) is 0 Å². The summed E-state index contributed by atoms with van der Waals surface area (Å²) in [5, 5.41) is 10.1. The van der Waals surface area contributed by atoms with Crippen molar-refractivity contribution in [3.63, 3.8) is 0 Å². The van der Waals surface area contributed by atoms with Crippen LogP contribution in [0.15, 0.2) is 88.6 Å². The molecule has 0 atom stereocenters. The highest BCUT2D eigenvalue weighted by Crippen LogP contribution is 2.30. The smallest absolute Gasteiger partial charge is 0.243 e. The Labute approximate surface area is 169 Å². The maximum Gasteiger partial charge on any atom is 0.243 e. The van der Waals surface area contributed by atoms with Gasteiger partial charge in [-0.05, 0) is 42.3 Å². The van der Waals surface area contributed by atoms with Gasteiger partial charge >= 0.3 is 0 Å². The molecule has 0 aromatic heterocycles. The van der Waals surface area contributed by atoms with Gasteiger partial charge in [-0.25, -0.2) is 8.42 Å². The number of phenols is 1. The van der Waals surface area contributed by atoms with Crippen molar-refractivity contribution in [2.24, 2.45) is 5.73 Å². The molecule has 8 heteroatoms. The van der Waals surface area contributed by atoms with Gasteiger partial charge in [-0.15, -0.1) is 0 Å². The van der Waals surface area contributed by atoms with Crippen molar-refractivity contribution < 1.29 is 13.5 Å². The van der Waals surface area contributed by atoms with Crippen LogP contribution in [0.25, 0.3) is 5.70 Å². The number of sulfonamides is 1. The summed E-state index contributed by atoms with van der Waals surface area (Å²) >= 11 is 0. The summed E-state index contributed by atoms with van der Waals surface area (Å²) in [7, 11) is -3.52. The molecule has 2 aliphatic rings. The summed E-state index contributed by atoms with van der Waals surface area (Å²) in [4.78, 5) is 0.292. The Morgan fingerprint density at radius 3 is 2.41 bits per heavy atom. The molecule has 0 amide bonds. The zero-order valence-corrected chi connectivity index (χ0v) is 16.5. The molecule has 0 unspecified atom stereocenters. The quantitative estimate of drug-likeness (QED) is 0.614. The first-order valence-electron chi connectivity index (χ1n) is 9.23. The van der Waals surface area contributed by atoms with E-state index in [2.05, 4.69) is 10.9 Å². The predicted molar refractivity (Wildman–Crippen MR) is 111 cm³/mol. The first-order valence-corrected chi connectivity index (χ1v) is 10.7. The normalized spacial score (nSPS) is 17.8. The molecule has 7 nitrogen and oxygen atoms in total. The minimum Gasteiger partial charge on any atom is -0.507 e. The van der Waals surface area contributed by atoms with Crippen molar-refractivity contribution in [3.8, 4) is 5.75 Å². The second-order valence-corrected chi connectivity index (χ2v) is 8.75. The van der Waals surface area contributed by atoms with Crippen LogP contribution in [0.5, 0.6) is 5.75 Å². The number of benzene rings is 2. The number of para-hydroxylation sites is 1. The van der Waals surface area contributed by atoms with Gasteiger partial charge in [0.15, 0.2) is 0 Å². The first-order chi connectivity index (χ1) is 14.0. The van der Waals surface area contributed by atoms with Crippen molar-refractivity contribution in [1.82, 2.24) is 15.2 Å². The molecule has 0 saturated carbocycles. The summed E-state index contributed by atoms with van der Waals surface area (Å²) in [6.45, 7) is 0.642. The molecule has 0 spiro atoms. The van der Waals surface area contributed by atoms with E-state index < -0.39 is 10.0 Å². The lowest BCUT2D eigenvalue weighted by atomic mass is 9.97. The molecule has 0 aliphatic carbocycles. The van der Waals surface area contributed by atoms with Gasteiger partial charge in [0, 0.05) is 24.2 Å². The molecule has 0 fully saturated rings. The second kappa shape index (κ2) is 7.65. The predicted octanol–water partition coefficient (Wildman–Crippen LogP) is 2.03. The average Bonchev–Trinajstić information content (AvgIpc) is 2.75. The minimum atomic E-state index is -3.52. The molecule has 29 heavy (non-hydrogen) atoms. The van der Waals surface area contributed by atoms with E-state index >= 15 is 0 Å². The Balaban J connectivity index is 1.59. The van der Waals surface area contributed by atoms with Gasteiger partial charge in [-0.2, -0.15) is 4.31 Å². The van der Waals surface area contributed by atoms with Crippen LogP contribution in [0.3, 0.4) is 0 Å². The van der Waals surface area contributed by atoms with E-state index in [1.807, 2.05) is 18.2 Å². The van der Waals surface area contributed by atoms with Gasteiger partial charge in [0.2, 0.25) is 10.0 Å². The lowest BCUT2D eigenvalue weighted by Crippen LogP contribution is -2.39. The van der Waals surface area contributed by atoms with Crippen LogP contribution in [0.4, 0.5) is 0 Å². The Bertz CT molecular complexity index is 1120. The van der Waals surface area contributed by atoms with E-state index in [1.165, 1.54) is 4.31 Å². The molecule has 2 aromatic carbocycles. The Morgan fingerprint density at radius 2 is 1.72 bits per heavy atom. The van der Waals surface area contributed by atoms with Crippen LogP contribution >= 0.6 is 0 Å². The van der Waals surface area contributed by atoms with Gasteiger partial charge in [0.05, 0.1) is 10.6 Å². The molecule has 0 bridgehead atoms. The zero-order chi connectivity index (χ0) is 20.4. The van der Waals surface area contributed by atoms with Gasteiger partial charge in [0.1, 0.15) is 11.6 Å². The molecular weight excluding hydrogens is 388 g/mol. The third-order valence-electron chi connectivity index (χ3n) is 5.00. The summed E-state index contributed by atoms with van der Waals surface area (Å²) in [5.41, 5.74) is 15.1. The number of hydrazine groups is 1. The maximum absolute atomic E-state index is 12.8. The van der Waals surface area contributed by atoms with E-state index in [0.29, 0.717) is 34.9 Å². The molecule has 2 aromatic rings. The number of aromatic hydroxyl groups is 1. The van der Waals surface area contributed by atoms with Crippen molar-refractivity contribution in [2.45, 2.75) is 11.3 Å². The molecule has 2 heterocycles. The van der Waals surface area contributed by atoms with E-state index in [9.17, 15) is 13.5 Å². The maximum atomic E-state index is 12.8. The molecule has 0 radical (unpaired) electrons. The molecule has 2 aliphatic heterocycles. The lowest BCUT2D eigenvalue weighted by Gasteiger charge is -2.29. The minimum absolute atomic E-state index is 0.158. The fraction of sp³-hybridized carbons (Fsp3) is 0.143. The van der Waals surface area contributed by atoms with Crippen LogP contribution in [-0.2, 0) is 10.0 Å². The number of nitrogens with two attached hydrogens (primary N) is 1. The van der Waals surface area contributed by atoms with Crippen LogP contribution in [-0.4, -0.2) is 30.9 Å². The summed E-state index contributed by atoms with van der Waals surface area (Å²) in [6.07, 6.45) is 4.29. The second-order valence-electron chi connectivity index (χ2n) is 6.81. The number of allylic oxidation sites excluding steroid dienone is 2. The number of rotatable bonds is 4. The Morgan fingerprint density at radius 1 is 1.00 bits per heavy atom. The monoisotopic (exact) mass is 410 g/mol. The topological polar surface area (TPSA) is 108 Å². The molecule has 0 saturated heterocycles. The van der Waals surface area contributed by atoms with Crippen molar-refractivity contribution >= 4 is 15.7 Å². The Kier molecular flexibility index (Phi) is 5.04. The molecule has 150 valence electrons. The van der Waals surface area contributed by atoms with Crippen molar-refractivity contribution in [3.05, 3.63) is 89.3 Å². The molecular formula is C21H22N4O3S. The number of hydrogen-bond donors (Lipinski definition) is 4. The van der Waals surface area contributed by atoms with Crippen LogP contribution in [0.2, 0.25) is 0 Å². The molecule has 4 rings (SSSR count). The highest BCUT2D eigenvalue weighted by Gasteiger charge is 2.27. The standard InChI is InChI=1S/C21H22N4O3S/c22-21-18(14-19(23-24-21)17-8-4-5-9-20(17)26)15-10-12-25(13-11-15)29(27,28)16-6-2-1-3-7-16/h1-10,14,23-24,26H,11-13,22H2. The average molecular weight is 410 g/mol. The summed E-state index contributed by atoms with van der Waals surface area (Å²) in [5.74, 6) is 0.611. The summed E-state index contributed by atoms with van der Waals surface area (Å²) in [6, 6.07) is 15.5. The third-order valence-corrected chi connectivity index (χ3v) is 6.88. The van der Waals surface area contributed by atoms with Gasteiger partial charge in [-0.3, -0.25) is 10.9 Å². The largest absolute Gasteiger partial charge is 0.507 e. The van der Waals surface area contributed by atoms with E-state index in [1.54, 1.807) is 48.5 Å². The number of phenolic OH excluding ortho intramolecular Hbond substituents is 1. The lowest BCUT2D eigenvalue weighted by molar-refractivity contribution is 0.432. The van der Waals surface area contributed by atoms with E-state index in [-0.39, 0.29) is 12.3 Å². The SMILES string of the molecule is NC1=C(C2=CCN(S(=O)(=O)c3ccccc3)CC2)C=C(c2ccccc2O)NN1. The third kappa shape index (κ3) is 3.72. The van der Waals surface area contributed by atoms with Gasteiger partial charge < -0.3 is 10.8 Å². The fourth-order valence-corrected chi connectivity index (χ4v) is 4.83. The number of hydrogen-bond acceptors (Lipinski definition) is 6. The van der Waals surface area contributed by atoms with Crippen molar-refractivity contribution in [1.29, 1.82) is 0 Å². The van der Waals surface area contributed by atoms with Crippen LogP contribution in [0, 0.1) is 0 Å².